The molecule has 98 valence electrons. The Morgan fingerprint density at radius 1 is 1.44 bits per heavy atom. The van der Waals surface area contributed by atoms with Gasteiger partial charge in [-0.05, 0) is 30.0 Å². The number of halogens is 3. The van der Waals surface area contributed by atoms with E-state index in [1.165, 1.54) is 12.1 Å². The third-order valence-electron chi connectivity index (χ3n) is 1.84. The van der Waals surface area contributed by atoms with Crippen molar-refractivity contribution in [2.75, 3.05) is 11.1 Å². The summed E-state index contributed by atoms with van der Waals surface area (Å²) in [5.41, 5.74) is 4.40. The molecule has 18 heavy (non-hydrogen) atoms. The predicted octanol–water partition coefficient (Wildman–Crippen LogP) is 0.451. The molecule has 0 aromatic heterocycles. The van der Waals surface area contributed by atoms with Crippen LogP contribution < -0.4 is 16.5 Å². The van der Waals surface area contributed by atoms with Gasteiger partial charge in [0, 0.05) is 5.69 Å². The van der Waals surface area contributed by atoms with Crippen molar-refractivity contribution in [3.05, 3.63) is 29.8 Å². The molecular weight excluding hydrogens is 267 g/mol. The van der Waals surface area contributed by atoms with Gasteiger partial charge in [-0.2, -0.15) is 13.2 Å². The van der Waals surface area contributed by atoms with E-state index < -0.39 is 17.6 Å². The van der Waals surface area contributed by atoms with Crippen LogP contribution in [-0.2, 0) is 11.0 Å². The molecule has 1 amide bonds. The zero-order valence-electron chi connectivity index (χ0n) is 9.12. The number of amides is 1. The average molecular weight is 278 g/mol. The van der Waals surface area contributed by atoms with E-state index in [4.69, 9.17) is 11.1 Å². The van der Waals surface area contributed by atoms with Gasteiger partial charge in [-0.3, -0.25) is 15.9 Å². The van der Waals surface area contributed by atoms with Gasteiger partial charge in [0.1, 0.15) is 0 Å². The van der Waals surface area contributed by atoms with Crippen LogP contribution in [0.2, 0.25) is 0 Å². The lowest BCUT2D eigenvalue weighted by Gasteiger charge is -2.09. The molecule has 0 heterocycles. The van der Waals surface area contributed by atoms with Gasteiger partial charge in [0.15, 0.2) is 0 Å². The molecule has 0 unspecified atom stereocenters. The third kappa shape index (κ3) is 4.66. The topological polar surface area (TPSA) is 80.7 Å². The number of nitrogens with two attached hydrogens (primary N) is 2. The maximum atomic E-state index is 12.4. The number of hydrogen-bond donors (Lipinski definition) is 3. The molecule has 0 radical (unpaired) electrons. The highest BCUT2D eigenvalue weighted by Gasteiger charge is 2.30. The molecule has 0 aliphatic heterocycles. The number of rotatable bonds is 3. The van der Waals surface area contributed by atoms with E-state index in [9.17, 15) is 18.0 Å². The number of thioether (sulfide) groups is 1. The fraction of sp³-hybridized carbons (Fsp3) is 0.200. The van der Waals surface area contributed by atoms with Crippen LogP contribution >= 0.6 is 11.8 Å². The molecule has 8 heteroatoms. The summed E-state index contributed by atoms with van der Waals surface area (Å²) in [6.07, 6.45) is -4.44. The Balaban J connectivity index is 2.68. The first-order chi connectivity index (χ1) is 8.29. The Kier molecular flexibility index (Phi) is 4.60. The van der Waals surface area contributed by atoms with Crippen molar-refractivity contribution < 1.29 is 23.4 Å². The number of alkyl halides is 3. The van der Waals surface area contributed by atoms with Gasteiger partial charge < -0.3 is 5.32 Å². The lowest BCUT2D eigenvalue weighted by molar-refractivity contribution is -0.137. The van der Waals surface area contributed by atoms with Gasteiger partial charge in [-0.15, -0.1) is 0 Å². The molecule has 0 atom stereocenters. The first-order valence-electron chi connectivity index (χ1n) is 4.77. The van der Waals surface area contributed by atoms with Gasteiger partial charge in [-0.1, -0.05) is 6.07 Å². The normalized spacial score (nSPS) is 11.1. The summed E-state index contributed by atoms with van der Waals surface area (Å²) in [5.74, 6) is -0.536. The molecule has 4 nitrogen and oxygen atoms in total. The van der Waals surface area contributed by atoms with Crippen LogP contribution in [0.1, 0.15) is 5.56 Å². The van der Waals surface area contributed by atoms with Gasteiger partial charge in [0.25, 0.3) is 5.17 Å². The summed E-state index contributed by atoms with van der Waals surface area (Å²) >= 11 is 0.906. The minimum absolute atomic E-state index is 0.0224. The van der Waals surface area contributed by atoms with Crippen LogP contribution in [0.15, 0.2) is 24.3 Å². The fourth-order valence-corrected chi connectivity index (χ4v) is 1.49. The number of carbonyl (C=O) groups excluding carboxylic acids is 1. The Bertz CT molecular complexity index is 462. The zero-order valence-corrected chi connectivity index (χ0v) is 9.94. The van der Waals surface area contributed by atoms with Crippen molar-refractivity contribution in [1.82, 2.24) is 0 Å². The number of carbonyl (C=O) groups is 1. The second-order valence-corrected chi connectivity index (χ2v) is 4.37. The van der Waals surface area contributed by atoms with Crippen molar-refractivity contribution >= 4 is 28.5 Å². The Labute approximate surface area is 105 Å². The summed E-state index contributed by atoms with van der Waals surface area (Å²) in [5, 5.41) is 7.49. The van der Waals surface area contributed by atoms with Crippen LogP contribution in [0.3, 0.4) is 0 Å². The van der Waals surface area contributed by atoms with Gasteiger partial charge in [0.2, 0.25) is 5.91 Å². The zero-order chi connectivity index (χ0) is 13.8. The minimum Gasteiger partial charge on any atom is -0.325 e. The summed E-state index contributed by atoms with van der Waals surface area (Å²) in [4.78, 5) is 11.3. The standard InChI is InChI=1S/C10H10F3N3OS/c11-10(12,13)6-2-1-3-7(4-6)16-8(17)5-18-9(14)15/h1-4H,5H2,(H3,14,15)(H,16,17)/p+1. The largest absolute Gasteiger partial charge is 0.416 e. The van der Waals surface area contributed by atoms with Gasteiger partial charge in [0.05, 0.1) is 11.3 Å². The summed E-state index contributed by atoms with van der Waals surface area (Å²) in [6, 6.07) is 4.37. The van der Waals surface area contributed by atoms with E-state index in [2.05, 4.69) is 5.32 Å². The van der Waals surface area contributed by atoms with E-state index in [0.29, 0.717) is 0 Å². The second-order valence-electron chi connectivity index (χ2n) is 3.32. The molecule has 0 saturated carbocycles. The van der Waals surface area contributed by atoms with E-state index in [1.807, 2.05) is 0 Å². The molecule has 0 aliphatic carbocycles. The molecule has 1 rings (SSSR count). The third-order valence-corrected chi connectivity index (χ3v) is 2.58. The lowest BCUT2D eigenvalue weighted by atomic mass is 10.2. The highest BCUT2D eigenvalue weighted by Crippen LogP contribution is 2.30. The SMILES string of the molecule is NC(=[NH2+])SCC(=O)Nc1cccc(C(F)(F)F)c1. The van der Waals surface area contributed by atoms with Gasteiger partial charge >= 0.3 is 6.18 Å². The van der Waals surface area contributed by atoms with E-state index in [-0.39, 0.29) is 16.6 Å². The van der Waals surface area contributed by atoms with E-state index in [0.717, 1.165) is 23.9 Å². The van der Waals surface area contributed by atoms with Crippen LogP contribution in [0, 0.1) is 0 Å². The van der Waals surface area contributed by atoms with Crippen LogP contribution in [0.4, 0.5) is 18.9 Å². The van der Waals surface area contributed by atoms with Crippen molar-refractivity contribution in [2.45, 2.75) is 6.18 Å². The first-order valence-corrected chi connectivity index (χ1v) is 5.75. The Morgan fingerprint density at radius 2 is 2.11 bits per heavy atom. The monoisotopic (exact) mass is 278 g/mol. The second kappa shape index (κ2) is 5.76. The van der Waals surface area contributed by atoms with Crippen molar-refractivity contribution in [3.8, 4) is 0 Å². The summed E-state index contributed by atoms with van der Waals surface area (Å²) in [6.45, 7) is 0. The molecule has 1 aromatic carbocycles. The number of nitrogens with one attached hydrogen (secondary N) is 1. The number of benzene rings is 1. The summed E-state index contributed by atoms with van der Waals surface area (Å²) in [7, 11) is 0. The quantitative estimate of drug-likeness (QED) is 0.555. The fourth-order valence-electron chi connectivity index (χ4n) is 1.12. The molecule has 0 bridgehead atoms. The molecule has 1 aromatic rings. The number of hydrogen-bond acceptors (Lipinski definition) is 2. The number of anilines is 1. The molecular formula is C10H11F3N3OS+. The van der Waals surface area contributed by atoms with E-state index >= 15 is 0 Å². The molecule has 0 spiro atoms. The predicted molar refractivity (Wildman–Crippen MR) is 63.7 cm³/mol. The minimum atomic E-state index is -4.44. The smallest absolute Gasteiger partial charge is 0.325 e. The molecule has 0 saturated heterocycles. The summed E-state index contributed by atoms with van der Waals surface area (Å²) < 4.78 is 37.2. The maximum absolute atomic E-state index is 12.4. The van der Waals surface area contributed by atoms with Crippen LogP contribution in [0.25, 0.3) is 0 Å². The van der Waals surface area contributed by atoms with Crippen molar-refractivity contribution in [3.63, 3.8) is 0 Å². The van der Waals surface area contributed by atoms with Crippen molar-refractivity contribution in [2.24, 2.45) is 5.73 Å². The van der Waals surface area contributed by atoms with E-state index in [1.54, 1.807) is 0 Å². The van der Waals surface area contributed by atoms with Crippen LogP contribution in [-0.4, -0.2) is 16.8 Å². The Morgan fingerprint density at radius 3 is 2.67 bits per heavy atom. The molecule has 0 fully saturated rings. The highest BCUT2D eigenvalue weighted by atomic mass is 32.2. The molecule has 0 aliphatic rings. The Hall–Kier alpha value is -1.70. The van der Waals surface area contributed by atoms with Gasteiger partial charge in [-0.25, -0.2) is 0 Å². The van der Waals surface area contributed by atoms with Crippen molar-refractivity contribution in [1.29, 1.82) is 0 Å². The average Bonchev–Trinajstić information content (AvgIpc) is 2.25. The highest BCUT2D eigenvalue weighted by molar-refractivity contribution is 8.14. The number of amidine groups is 1. The molecule has 5 N–H and O–H groups in total. The van der Waals surface area contributed by atoms with Crippen LogP contribution in [0.5, 0.6) is 0 Å². The lowest BCUT2D eigenvalue weighted by Crippen LogP contribution is -2.43. The first kappa shape index (κ1) is 14.4. The maximum Gasteiger partial charge on any atom is 0.416 e.